The normalized spacial score (nSPS) is 19.4. The Morgan fingerprint density at radius 2 is 2.16 bits per heavy atom. The molecule has 0 spiro atoms. The summed E-state index contributed by atoms with van der Waals surface area (Å²) < 4.78 is 11.7. The number of nitrogens with one attached hydrogen (secondary N) is 2. The first-order valence-electron chi connectivity index (χ1n) is 10.7. The maximum Gasteiger partial charge on any atom is 0.244 e. The standard InChI is InChI=1S/C23H31ClN4O4/c1-5-31-21-10-9-18(24)12-19(21)23(28-26-4)32-14-16-7-6-8-17(11-16)22(30)27-20(13-29)15(2)25-3/h9-10,12-13,16-17,25H,4-8,11,14H2,1-3H3,(H,27,30)/b20-15+,28-23-. The molecule has 2 unspecified atom stereocenters. The van der Waals surface area contributed by atoms with Gasteiger partial charge in [0.2, 0.25) is 11.8 Å². The first kappa shape index (κ1) is 25.4. The number of hydrogen-bond donors (Lipinski definition) is 2. The van der Waals surface area contributed by atoms with Crippen molar-refractivity contribution in [2.45, 2.75) is 39.5 Å². The molecule has 1 aromatic carbocycles. The van der Waals surface area contributed by atoms with Crippen LogP contribution in [0.1, 0.15) is 45.1 Å². The highest BCUT2D eigenvalue weighted by atomic mass is 35.5. The Morgan fingerprint density at radius 3 is 2.81 bits per heavy atom. The van der Waals surface area contributed by atoms with E-state index >= 15 is 0 Å². The lowest BCUT2D eigenvalue weighted by Gasteiger charge is -2.28. The van der Waals surface area contributed by atoms with Gasteiger partial charge in [-0.3, -0.25) is 9.59 Å². The van der Waals surface area contributed by atoms with Crippen molar-refractivity contribution < 1.29 is 19.1 Å². The van der Waals surface area contributed by atoms with E-state index in [-0.39, 0.29) is 29.3 Å². The third kappa shape index (κ3) is 7.09. The lowest BCUT2D eigenvalue weighted by atomic mass is 9.81. The molecule has 2 rings (SSSR count). The summed E-state index contributed by atoms with van der Waals surface area (Å²) in [4.78, 5) is 24.0. The second kappa shape index (κ2) is 12.9. The lowest BCUT2D eigenvalue weighted by Crippen LogP contribution is -2.36. The van der Waals surface area contributed by atoms with Crippen LogP contribution >= 0.6 is 11.6 Å². The van der Waals surface area contributed by atoms with E-state index in [1.54, 1.807) is 32.2 Å². The number of benzene rings is 1. The van der Waals surface area contributed by atoms with Gasteiger partial charge in [-0.15, -0.1) is 5.10 Å². The molecule has 174 valence electrons. The van der Waals surface area contributed by atoms with E-state index in [1.807, 2.05) is 6.92 Å². The van der Waals surface area contributed by atoms with E-state index in [4.69, 9.17) is 21.1 Å². The molecule has 0 radical (unpaired) electrons. The van der Waals surface area contributed by atoms with Crippen molar-refractivity contribution in [1.29, 1.82) is 0 Å². The molecular weight excluding hydrogens is 432 g/mol. The highest BCUT2D eigenvalue weighted by Crippen LogP contribution is 2.31. The summed E-state index contributed by atoms with van der Waals surface area (Å²) in [7, 11) is 1.70. The molecule has 0 bridgehead atoms. The number of ether oxygens (including phenoxy) is 2. The zero-order valence-electron chi connectivity index (χ0n) is 18.8. The summed E-state index contributed by atoms with van der Waals surface area (Å²) in [5.41, 5.74) is 1.47. The molecule has 1 fully saturated rings. The zero-order valence-corrected chi connectivity index (χ0v) is 19.6. The van der Waals surface area contributed by atoms with E-state index in [9.17, 15) is 9.59 Å². The smallest absolute Gasteiger partial charge is 0.244 e. The number of nitrogens with zero attached hydrogens (tertiary/aromatic N) is 2. The second-order valence-corrected chi connectivity index (χ2v) is 7.99. The van der Waals surface area contributed by atoms with Crippen LogP contribution in [0.4, 0.5) is 0 Å². The summed E-state index contributed by atoms with van der Waals surface area (Å²) in [6.45, 7) is 7.90. The predicted octanol–water partition coefficient (Wildman–Crippen LogP) is 3.69. The summed E-state index contributed by atoms with van der Waals surface area (Å²) in [6, 6.07) is 5.21. The van der Waals surface area contributed by atoms with Crippen LogP contribution in [0, 0.1) is 11.8 Å². The Bertz CT molecular complexity index is 885. The van der Waals surface area contributed by atoms with Gasteiger partial charge < -0.3 is 20.1 Å². The van der Waals surface area contributed by atoms with Crippen molar-refractivity contribution in [3.05, 3.63) is 40.2 Å². The Balaban J connectivity index is 2.07. The van der Waals surface area contributed by atoms with Gasteiger partial charge in [-0.2, -0.15) is 5.10 Å². The van der Waals surface area contributed by atoms with Crippen molar-refractivity contribution in [1.82, 2.24) is 10.6 Å². The average Bonchev–Trinajstić information content (AvgIpc) is 2.81. The molecule has 0 aromatic heterocycles. The summed E-state index contributed by atoms with van der Waals surface area (Å²) in [5.74, 6) is 0.668. The van der Waals surface area contributed by atoms with Gasteiger partial charge in [0.15, 0.2) is 6.29 Å². The highest BCUT2D eigenvalue weighted by Gasteiger charge is 2.29. The van der Waals surface area contributed by atoms with E-state index in [2.05, 4.69) is 27.6 Å². The van der Waals surface area contributed by atoms with Crippen LogP contribution in [0.5, 0.6) is 5.75 Å². The SMILES string of the molecule is C=N/N=C(\OCC1CCCC(C(=O)N/C(C=O)=C(\C)NC)C1)c1cc(Cl)ccc1OCC. The van der Waals surface area contributed by atoms with E-state index in [1.165, 1.54) is 0 Å². The van der Waals surface area contributed by atoms with Crippen molar-refractivity contribution in [3.63, 3.8) is 0 Å². The third-order valence-corrected chi connectivity index (χ3v) is 5.63. The van der Waals surface area contributed by atoms with Crippen molar-refractivity contribution in [3.8, 4) is 5.75 Å². The van der Waals surface area contributed by atoms with Gasteiger partial charge in [-0.05, 0) is 57.2 Å². The first-order chi connectivity index (χ1) is 15.4. The predicted molar refractivity (Wildman–Crippen MR) is 126 cm³/mol. The van der Waals surface area contributed by atoms with Gasteiger partial charge in [-0.25, -0.2) is 0 Å². The molecule has 9 heteroatoms. The van der Waals surface area contributed by atoms with Crippen LogP contribution < -0.4 is 15.4 Å². The fourth-order valence-electron chi connectivity index (χ4n) is 3.63. The molecule has 0 saturated heterocycles. The number of allylic oxidation sites excluding steroid dienone is 2. The van der Waals surface area contributed by atoms with Crippen LogP contribution in [0.2, 0.25) is 5.02 Å². The van der Waals surface area contributed by atoms with Gasteiger partial charge in [0.25, 0.3) is 0 Å². The molecule has 1 aromatic rings. The minimum absolute atomic E-state index is 0.151. The molecule has 32 heavy (non-hydrogen) atoms. The van der Waals surface area contributed by atoms with E-state index in [0.29, 0.717) is 48.0 Å². The highest BCUT2D eigenvalue weighted by molar-refractivity contribution is 6.31. The largest absolute Gasteiger partial charge is 0.493 e. The van der Waals surface area contributed by atoms with Gasteiger partial charge in [0.1, 0.15) is 5.75 Å². The van der Waals surface area contributed by atoms with Gasteiger partial charge in [0.05, 0.1) is 24.5 Å². The first-order valence-corrected chi connectivity index (χ1v) is 11.0. The number of halogens is 1. The molecule has 0 aliphatic heterocycles. The molecule has 1 amide bonds. The van der Waals surface area contributed by atoms with Crippen LogP contribution in [-0.2, 0) is 14.3 Å². The van der Waals surface area contributed by atoms with Gasteiger partial charge >= 0.3 is 0 Å². The van der Waals surface area contributed by atoms with Crippen LogP contribution in [0.15, 0.2) is 39.8 Å². The molecule has 2 N–H and O–H groups in total. The van der Waals surface area contributed by atoms with Crippen LogP contribution in [-0.4, -0.2) is 45.1 Å². The molecule has 1 aliphatic carbocycles. The van der Waals surface area contributed by atoms with Gasteiger partial charge in [0, 0.05) is 30.4 Å². The van der Waals surface area contributed by atoms with Crippen LogP contribution in [0.25, 0.3) is 0 Å². The quantitative estimate of drug-likeness (QED) is 0.181. The number of carbonyl (C=O) groups excluding carboxylic acids is 2. The van der Waals surface area contributed by atoms with Crippen molar-refractivity contribution in [2.24, 2.45) is 22.0 Å². The molecule has 1 aliphatic rings. The minimum Gasteiger partial charge on any atom is -0.493 e. The molecule has 8 nitrogen and oxygen atoms in total. The second-order valence-electron chi connectivity index (χ2n) is 7.56. The third-order valence-electron chi connectivity index (χ3n) is 5.40. The summed E-state index contributed by atoms with van der Waals surface area (Å²) >= 11 is 6.16. The molecule has 2 atom stereocenters. The van der Waals surface area contributed by atoms with Crippen molar-refractivity contribution >= 4 is 36.4 Å². The minimum atomic E-state index is -0.194. The lowest BCUT2D eigenvalue weighted by molar-refractivity contribution is -0.126. The number of rotatable bonds is 10. The van der Waals surface area contributed by atoms with Gasteiger partial charge in [-0.1, -0.05) is 18.0 Å². The number of aldehydes is 1. The number of hydrogen-bond acceptors (Lipinski definition) is 7. The van der Waals surface area contributed by atoms with Crippen molar-refractivity contribution in [2.75, 3.05) is 20.3 Å². The zero-order chi connectivity index (χ0) is 23.5. The average molecular weight is 463 g/mol. The maximum absolute atomic E-state index is 12.7. The summed E-state index contributed by atoms with van der Waals surface area (Å²) in [6.07, 6.45) is 3.90. The van der Waals surface area contributed by atoms with Crippen LogP contribution in [0.3, 0.4) is 0 Å². The van der Waals surface area contributed by atoms with E-state index < -0.39 is 0 Å². The molecule has 0 heterocycles. The monoisotopic (exact) mass is 462 g/mol. The molecule has 1 saturated carbocycles. The summed E-state index contributed by atoms with van der Waals surface area (Å²) in [5, 5.41) is 13.8. The number of carbonyl (C=O) groups is 2. The Kier molecular flexibility index (Phi) is 10.2. The van der Waals surface area contributed by atoms with E-state index in [0.717, 1.165) is 19.3 Å². The Hall–Kier alpha value is -2.87. The number of amides is 1. The molecular formula is C23H31ClN4O4. The fourth-order valence-corrected chi connectivity index (χ4v) is 3.81. The Labute approximate surface area is 194 Å². The topological polar surface area (TPSA) is 101 Å². The Morgan fingerprint density at radius 1 is 1.38 bits per heavy atom. The maximum atomic E-state index is 12.7. The fraction of sp³-hybridized carbons (Fsp3) is 0.478.